The molecule has 0 aliphatic rings. The van der Waals surface area contributed by atoms with E-state index >= 15 is 0 Å². The van der Waals surface area contributed by atoms with Crippen LogP contribution in [0.25, 0.3) is 0 Å². The molecule has 0 saturated carbocycles. The van der Waals surface area contributed by atoms with Gasteiger partial charge in [-0.1, -0.05) is 31.0 Å². The summed E-state index contributed by atoms with van der Waals surface area (Å²) in [5.41, 5.74) is 2.29. The highest BCUT2D eigenvalue weighted by molar-refractivity contribution is 7.86. The van der Waals surface area contributed by atoms with Gasteiger partial charge < -0.3 is 10.1 Å². The summed E-state index contributed by atoms with van der Waals surface area (Å²) in [4.78, 5) is 12.1. The van der Waals surface area contributed by atoms with Gasteiger partial charge in [-0.2, -0.15) is 8.42 Å². The van der Waals surface area contributed by atoms with Crippen molar-refractivity contribution >= 4 is 21.8 Å². The molecular weight excluding hydrogens is 366 g/mol. The highest BCUT2D eigenvalue weighted by atomic mass is 32.2. The van der Waals surface area contributed by atoms with Gasteiger partial charge >= 0.3 is 5.97 Å². The maximum absolute atomic E-state index is 12.0. The van der Waals surface area contributed by atoms with Crippen molar-refractivity contribution in [1.82, 2.24) is 0 Å². The van der Waals surface area contributed by atoms with Gasteiger partial charge in [0.25, 0.3) is 10.1 Å². The third kappa shape index (κ3) is 6.69. The summed E-state index contributed by atoms with van der Waals surface area (Å²) in [5.74, 6) is -0.522. The minimum atomic E-state index is -3.86. The lowest BCUT2D eigenvalue weighted by Gasteiger charge is -2.08. The molecule has 0 radical (unpaired) electrons. The molecule has 0 unspecified atom stereocenters. The second-order valence-corrected chi connectivity index (χ2v) is 7.70. The van der Waals surface area contributed by atoms with E-state index in [1.807, 2.05) is 19.1 Å². The van der Waals surface area contributed by atoms with Crippen LogP contribution >= 0.6 is 0 Å². The zero-order valence-corrected chi connectivity index (χ0v) is 16.4. The van der Waals surface area contributed by atoms with Crippen molar-refractivity contribution < 1.29 is 22.1 Å². The molecular formula is C20H25NO5S. The molecule has 0 aliphatic carbocycles. The molecule has 0 bridgehead atoms. The number of carbonyl (C=O) groups excluding carboxylic acids is 1. The van der Waals surface area contributed by atoms with Crippen molar-refractivity contribution in [3.63, 3.8) is 0 Å². The Bertz CT molecular complexity index is 830. The van der Waals surface area contributed by atoms with Crippen LogP contribution in [0.1, 0.15) is 35.7 Å². The fourth-order valence-electron chi connectivity index (χ4n) is 2.27. The van der Waals surface area contributed by atoms with Crippen LogP contribution in [0.5, 0.6) is 0 Å². The zero-order chi connectivity index (χ0) is 19.7. The molecule has 1 N–H and O–H groups in total. The van der Waals surface area contributed by atoms with E-state index in [1.54, 1.807) is 24.3 Å². The number of carbonyl (C=O) groups is 1. The molecule has 0 saturated heterocycles. The van der Waals surface area contributed by atoms with E-state index in [2.05, 4.69) is 12.2 Å². The lowest BCUT2D eigenvalue weighted by atomic mass is 10.2. The van der Waals surface area contributed by atoms with E-state index in [0.717, 1.165) is 30.6 Å². The Morgan fingerprint density at radius 3 is 2.30 bits per heavy atom. The number of anilines is 1. The highest BCUT2D eigenvalue weighted by Gasteiger charge is 2.15. The smallest absolute Gasteiger partial charge is 0.338 e. The number of hydrogen-bond acceptors (Lipinski definition) is 6. The molecule has 0 aromatic heterocycles. The molecule has 2 rings (SSSR count). The largest absolute Gasteiger partial charge is 0.460 e. The third-order valence-corrected chi connectivity index (χ3v) is 5.17. The summed E-state index contributed by atoms with van der Waals surface area (Å²) >= 11 is 0. The van der Waals surface area contributed by atoms with Crippen LogP contribution in [-0.2, 0) is 19.0 Å². The lowest BCUT2D eigenvalue weighted by Crippen LogP contribution is -2.14. The van der Waals surface area contributed by atoms with E-state index in [4.69, 9.17) is 8.92 Å². The number of unbranched alkanes of at least 4 members (excludes halogenated alkanes) is 1. The minimum Gasteiger partial charge on any atom is -0.460 e. The van der Waals surface area contributed by atoms with Crippen LogP contribution in [0.3, 0.4) is 0 Å². The van der Waals surface area contributed by atoms with Gasteiger partial charge in [-0.15, -0.1) is 0 Å². The van der Waals surface area contributed by atoms with Crippen molar-refractivity contribution in [3.05, 3.63) is 59.7 Å². The van der Waals surface area contributed by atoms with Crippen LogP contribution in [0.15, 0.2) is 53.4 Å². The van der Waals surface area contributed by atoms with Crippen molar-refractivity contribution in [2.75, 3.05) is 25.1 Å². The fraction of sp³-hybridized carbons (Fsp3) is 0.350. The Morgan fingerprint density at radius 2 is 1.67 bits per heavy atom. The topological polar surface area (TPSA) is 81.7 Å². The Labute approximate surface area is 160 Å². The first kappa shape index (κ1) is 20.9. The predicted octanol–water partition coefficient (Wildman–Crippen LogP) is 3.77. The molecule has 0 spiro atoms. The summed E-state index contributed by atoms with van der Waals surface area (Å²) in [7, 11) is -3.86. The maximum atomic E-state index is 12.0. The van der Waals surface area contributed by atoms with Crippen molar-refractivity contribution in [3.8, 4) is 0 Å². The molecule has 0 aliphatic heterocycles. The average Bonchev–Trinajstić information content (AvgIpc) is 2.66. The highest BCUT2D eigenvalue weighted by Crippen LogP contribution is 2.14. The van der Waals surface area contributed by atoms with E-state index in [9.17, 15) is 13.2 Å². The molecule has 6 nitrogen and oxygen atoms in total. The van der Waals surface area contributed by atoms with Crippen molar-refractivity contribution in [1.29, 1.82) is 0 Å². The van der Waals surface area contributed by atoms with Crippen molar-refractivity contribution in [2.45, 2.75) is 31.6 Å². The van der Waals surface area contributed by atoms with Gasteiger partial charge in [0.15, 0.2) is 0 Å². The van der Waals surface area contributed by atoms with Crippen molar-refractivity contribution in [2.24, 2.45) is 0 Å². The zero-order valence-electron chi connectivity index (χ0n) is 15.6. The number of hydrogen-bond donors (Lipinski definition) is 1. The Kier molecular flexibility index (Phi) is 7.82. The SMILES string of the molecule is CCCCNc1ccc(C(=O)OCCOS(=O)(=O)c2ccc(C)cc2)cc1. The summed E-state index contributed by atoms with van der Waals surface area (Å²) < 4.78 is 34.0. The molecule has 0 fully saturated rings. The van der Waals surface area contributed by atoms with Crippen LogP contribution in [0, 0.1) is 6.92 Å². The van der Waals surface area contributed by atoms with Crippen LogP contribution in [0.2, 0.25) is 0 Å². The third-order valence-electron chi connectivity index (χ3n) is 3.84. The second-order valence-electron chi connectivity index (χ2n) is 6.08. The van der Waals surface area contributed by atoms with Gasteiger partial charge in [0.1, 0.15) is 13.2 Å². The Morgan fingerprint density at radius 1 is 1.00 bits per heavy atom. The standard InChI is InChI=1S/C20H25NO5S/c1-3-4-13-21-18-9-7-17(8-10-18)20(22)25-14-15-26-27(23,24)19-11-5-16(2)6-12-19/h5-12,21H,3-4,13-15H2,1-2H3. The molecule has 0 atom stereocenters. The number of esters is 1. The first-order chi connectivity index (χ1) is 12.9. The maximum Gasteiger partial charge on any atom is 0.338 e. The van der Waals surface area contributed by atoms with E-state index in [1.165, 1.54) is 12.1 Å². The second kappa shape index (κ2) is 10.1. The average molecular weight is 391 g/mol. The monoisotopic (exact) mass is 391 g/mol. The predicted molar refractivity (Wildman–Crippen MR) is 104 cm³/mol. The molecule has 27 heavy (non-hydrogen) atoms. The van der Waals surface area contributed by atoms with Gasteiger partial charge in [0, 0.05) is 12.2 Å². The number of rotatable bonds is 10. The molecule has 0 heterocycles. The summed E-state index contributed by atoms with van der Waals surface area (Å²) in [6, 6.07) is 13.3. The van der Waals surface area contributed by atoms with E-state index < -0.39 is 16.1 Å². The molecule has 2 aromatic rings. The Hall–Kier alpha value is -2.38. The Balaban J connectivity index is 1.77. The first-order valence-corrected chi connectivity index (χ1v) is 10.3. The molecule has 2 aromatic carbocycles. The van der Waals surface area contributed by atoms with Crippen LogP contribution < -0.4 is 5.32 Å². The molecule has 7 heteroatoms. The van der Waals surface area contributed by atoms with E-state index in [-0.39, 0.29) is 18.1 Å². The normalized spacial score (nSPS) is 11.2. The van der Waals surface area contributed by atoms with Gasteiger partial charge in [-0.3, -0.25) is 4.18 Å². The number of benzene rings is 2. The number of aryl methyl sites for hydroxylation is 1. The lowest BCUT2D eigenvalue weighted by molar-refractivity contribution is 0.0453. The van der Waals surface area contributed by atoms with Crippen LogP contribution in [-0.4, -0.2) is 34.1 Å². The summed E-state index contributed by atoms with van der Waals surface area (Å²) in [5, 5.41) is 3.26. The van der Waals surface area contributed by atoms with Gasteiger partial charge in [0.2, 0.25) is 0 Å². The fourth-order valence-corrected chi connectivity index (χ4v) is 3.16. The minimum absolute atomic E-state index is 0.0746. The van der Waals surface area contributed by atoms with Gasteiger partial charge in [-0.25, -0.2) is 4.79 Å². The quantitative estimate of drug-likeness (QED) is 0.377. The molecule has 0 amide bonds. The summed E-state index contributed by atoms with van der Waals surface area (Å²) in [6.45, 7) is 4.48. The van der Waals surface area contributed by atoms with E-state index in [0.29, 0.717) is 5.56 Å². The molecule has 146 valence electrons. The van der Waals surface area contributed by atoms with Crippen LogP contribution in [0.4, 0.5) is 5.69 Å². The number of ether oxygens (including phenoxy) is 1. The van der Waals surface area contributed by atoms with Gasteiger partial charge in [0.05, 0.1) is 10.5 Å². The summed E-state index contributed by atoms with van der Waals surface area (Å²) in [6.07, 6.45) is 2.19. The number of nitrogens with one attached hydrogen (secondary N) is 1. The first-order valence-electron chi connectivity index (χ1n) is 8.89. The van der Waals surface area contributed by atoms with Gasteiger partial charge in [-0.05, 0) is 49.7 Å².